The van der Waals surface area contributed by atoms with E-state index in [1.165, 1.54) is 0 Å². The molecular formula is C13H15N3O. The molecule has 1 aliphatic rings. The molecule has 1 atom stereocenters. The maximum atomic E-state index is 10.9. The first-order chi connectivity index (χ1) is 8.28. The van der Waals surface area contributed by atoms with Crippen LogP contribution in [0.15, 0.2) is 24.4 Å². The van der Waals surface area contributed by atoms with Crippen LogP contribution in [-0.2, 0) is 0 Å². The second kappa shape index (κ2) is 3.96. The number of nitrogens with zero attached hydrogens (tertiary/aromatic N) is 3. The van der Waals surface area contributed by atoms with Crippen molar-refractivity contribution in [2.75, 3.05) is 20.1 Å². The summed E-state index contributed by atoms with van der Waals surface area (Å²) in [5.74, 6) is 0.499. The Balaban J connectivity index is 2.04. The summed E-state index contributed by atoms with van der Waals surface area (Å²) >= 11 is 0. The Hall–Kier alpha value is -1.68. The van der Waals surface area contributed by atoms with Crippen LogP contribution in [0.5, 0.6) is 0 Å². The van der Waals surface area contributed by atoms with Gasteiger partial charge in [-0.25, -0.2) is 4.98 Å². The number of likely N-dealkylation sites (N-methyl/N-ethyl adjacent to an activating group) is 1. The summed E-state index contributed by atoms with van der Waals surface area (Å²) in [4.78, 5) is 17.9. The first-order valence-electron chi connectivity index (χ1n) is 5.89. The van der Waals surface area contributed by atoms with Crippen molar-refractivity contribution >= 4 is 11.9 Å². The SMILES string of the molecule is CN1CCC(c2cn3c(C=O)cccc3n2)C1. The minimum absolute atomic E-state index is 0.499. The highest BCUT2D eigenvalue weighted by atomic mass is 16.1. The number of hydrogen-bond acceptors (Lipinski definition) is 3. The molecule has 2 aromatic heterocycles. The molecule has 3 rings (SSSR count). The summed E-state index contributed by atoms with van der Waals surface area (Å²) in [7, 11) is 2.13. The molecule has 4 nitrogen and oxygen atoms in total. The maximum Gasteiger partial charge on any atom is 0.166 e. The van der Waals surface area contributed by atoms with Gasteiger partial charge in [-0.15, -0.1) is 0 Å². The molecule has 0 bridgehead atoms. The molecule has 1 aliphatic heterocycles. The Kier molecular flexibility index (Phi) is 2.44. The number of aldehydes is 1. The molecule has 0 aliphatic carbocycles. The molecule has 17 heavy (non-hydrogen) atoms. The minimum atomic E-state index is 0.499. The molecule has 1 unspecified atom stereocenters. The Morgan fingerprint density at radius 3 is 3.06 bits per heavy atom. The van der Waals surface area contributed by atoms with E-state index in [2.05, 4.69) is 16.9 Å². The van der Waals surface area contributed by atoms with Gasteiger partial charge in [-0.05, 0) is 32.1 Å². The topological polar surface area (TPSA) is 37.6 Å². The van der Waals surface area contributed by atoms with Crippen molar-refractivity contribution in [3.8, 4) is 0 Å². The van der Waals surface area contributed by atoms with Crippen LogP contribution in [0.4, 0.5) is 0 Å². The molecule has 0 spiro atoms. The van der Waals surface area contributed by atoms with E-state index in [1.807, 2.05) is 28.8 Å². The lowest BCUT2D eigenvalue weighted by Gasteiger charge is -2.06. The van der Waals surface area contributed by atoms with E-state index in [-0.39, 0.29) is 0 Å². The predicted molar refractivity (Wildman–Crippen MR) is 65.4 cm³/mol. The lowest BCUT2D eigenvalue weighted by atomic mass is 10.1. The molecular weight excluding hydrogens is 214 g/mol. The van der Waals surface area contributed by atoms with Gasteiger partial charge in [0.2, 0.25) is 0 Å². The second-order valence-electron chi connectivity index (χ2n) is 4.71. The molecule has 0 N–H and O–H groups in total. The summed E-state index contributed by atoms with van der Waals surface area (Å²) < 4.78 is 1.88. The Morgan fingerprint density at radius 2 is 2.35 bits per heavy atom. The monoisotopic (exact) mass is 229 g/mol. The average Bonchev–Trinajstić information content (AvgIpc) is 2.93. The Morgan fingerprint density at radius 1 is 1.47 bits per heavy atom. The number of hydrogen-bond donors (Lipinski definition) is 0. The van der Waals surface area contributed by atoms with Gasteiger partial charge in [0.25, 0.3) is 0 Å². The number of carbonyl (C=O) groups excluding carboxylic acids is 1. The summed E-state index contributed by atoms with van der Waals surface area (Å²) in [5, 5.41) is 0. The van der Waals surface area contributed by atoms with Crippen molar-refractivity contribution < 1.29 is 4.79 Å². The van der Waals surface area contributed by atoms with Gasteiger partial charge in [-0.3, -0.25) is 9.20 Å². The van der Waals surface area contributed by atoms with Crippen LogP contribution in [0.1, 0.15) is 28.5 Å². The van der Waals surface area contributed by atoms with Crippen LogP contribution < -0.4 is 0 Å². The fourth-order valence-electron chi connectivity index (χ4n) is 2.52. The quantitative estimate of drug-likeness (QED) is 0.733. The third kappa shape index (κ3) is 1.74. The Bertz CT molecular complexity index is 561. The highest BCUT2D eigenvalue weighted by Crippen LogP contribution is 2.25. The standard InChI is InChI=1S/C13H15N3O/c1-15-6-5-10(7-15)12-8-16-11(9-17)3-2-4-13(16)14-12/h2-4,8-10H,5-7H2,1H3. The minimum Gasteiger partial charge on any atom is -0.306 e. The van der Waals surface area contributed by atoms with Gasteiger partial charge in [0.1, 0.15) is 5.65 Å². The van der Waals surface area contributed by atoms with Crippen LogP contribution in [0.2, 0.25) is 0 Å². The van der Waals surface area contributed by atoms with E-state index in [4.69, 9.17) is 0 Å². The third-order valence-corrected chi connectivity index (χ3v) is 3.47. The van der Waals surface area contributed by atoms with Gasteiger partial charge in [0, 0.05) is 18.7 Å². The molecule has 0 amide bonds. The molecule has 0 saturated carbocycles. The third-order valence-electron chi connectivity index (χ3n) is 3.47. The zero-order valence-corrected chi connectivity index (χ0v) is 9.84. The van der Waals surface area contributed by atoms with Crippen molar-refractivity contribution in [1.29, 1.82) is 0 Å². The lowest BCUT2D eigenvalue weighted by molar-refractivity contribution is 0.111. The predicted octanol–water partition coefficient (Wildman–Crippen LogP) is 1.57. The second-order valence-corrected chi connectivity index (χ2v) is 4.71. The normalized spacial score (nSPS) is 21.1. The van der Waals surface area contributed by atoms with Crippen molar-refractivity contribution in [3.05, 3.63) is 35.8 Å². The largest absolute Gasteiger partial charge is 0.306 e. The van der Waals surface area contributed by atoms with Crippen LogP contribution in [0, 0.1) is 0 Å². The number of likely N-dealkylation sites (tertiary alicyclic amines) is 1. The molecule has 88 valence electrons. The number of pyridine rings is 1. The summed E-state index contributed by atoms with van der Waals surface area (Å²) in [6.45, 7) is 2.18. The van der Waals surface area contributed by atoms with Crippen LogP contribution >= 0.6 is 0 Å². The molecule has 2 aromatic rings. The van der Waals surface area contributed by atoms with Gasteiger partial charge in [-0.1, -0.05) is 6.07 Å². The van der Waals surface area contributed by atoms with Crippen LogP contribution in [-0.4, -0.2) is 40.7 Å². The van der Waals surface area contributed by atoms with E-state index in [0.717, 1.165) is 37.1 Å². The maximum absolute atomic E-state index is 10.9. The lowest BCUT2D eigenvalue weighted by Crippen LogP contribution is -2.13. The fourth-order valence-corrected chi connectivity index (χ4v) is 2.52. The van der Waals surface area contributed by atoms with Crippen molar-refractivity contribution in [2.24, 2.45) is 0 Å². The molecule has 3 heterocycles. The van der Waals surface area contributed by atoms with E-state index < -0.39 is 0 Å². The first kappa shape index (κ1) is 10.5. The molecule has 0 aromatic carbocycles. The van der Waals surface area contributed by atoms with E-state index in [0.29, 0.717) is 11.6 Å². The summed E-state index contributed by atoms with van der Waals surface area (Å²) in [6, 6.07) is 5.62. The van der Waals surface area contributed by atoms with Gasteiger partial charge >= 0.3 is 0 Å². The van der Waals surface area contributed by atoms with Gasteiger partial charge in [0.15, 0.2) is 6.29 Å². The highest BCUT2D eigenvalue weighted by Gasteiger charge is 2.23. The number of rotatable bonds is 2. The van der Waals surface area contributed by atoms with Crippen LogP contribution in [0.25, 0.3) is 5.65 Å². The number of imidazole rings is 1. The summed E-state index contributed by atoms with van der Waals surface area (Å²) in [5.41, 5.74) is 2.62. The van der Waals surface area contributed by atoms with E-state index in [9.17, 15) is 4.79 Å². The molecule has 4 heteroatoms. The van der Waals surface area contributed by atoms with Crippen molar-refractivity contribution in [1.82, 2.24) is 14.3 Å². The summed E-state index contributed by atoms with van der Waals surface area (Å²) in [6.07, 6.45) is 4.03. The van der Waals surface area contributed by atoms with Crippen molar-refractivity contribution in [2.45, 2.75) is 12.3 Å². The average molecular weight is 229 g/mol. The number of aromatic nitrogens is 2. The number of carbonyl (C=O) groups is 1. The smallest absolute Gasteiger partial charge is 0.166 e. The van der Waals surface area contributed by atoms with Crippen LogP contribution in [0.3, 0.4) is 0 Å². The van der Waals surface area contributed by atoms with Gasteiger partial charge < -0.3 is 4.90 Å². The fraction of sp³-hybridized carbons (Fsp3) is 0.385. The van der Waals surface area contributed by atoms with Gasteiger partial charge in [-0.2, -0.15) is 0 Å². The number of fused-ring (bicyclic) bond motifs is 1. The highest BCUT2D eigenvalue weighted by molar-refractivity contribution is 5.73. The first-order valence-corrected chi connectivity index (χ1v) is 5.89. The zero-order chi connectivity index (χ0) is 11.8. The molecule has 1 fully saturated rings. The van der Waals surface area contributed by atoms with E-state index in [1.54, 1.807) is 0 Å². The molecule has 0 radical (unpaired) electrons. The van der Waals surface area contributed by atoms with Crippen molar-refractivity contribution in [3.63, 3.8) is 0 Å². The van der Waals surface area contributed by atoms with Gasteiger partial charge in [0.05, 0.1) is 11.4 Å². The zero-order valence-electron chi connectivity index (χ0n) is 9.84. The molecule has 1 saturated heterocycles. The Labute approximate surface area is 99.9 Å². The van der Waals surface area contributed by atoms with E-state index >= 15 is 0 Å².